The number of carbonyl (C=O) groups is 2. The second-order valence-corrected chi connectivity index (χ2v) is 8.14. The van der Waals surface area contributed by atoms with Crippen molar-refractivity contribution in [2.45, 2.75) is 12.5 Å². The van der Waals surface area contributed by atoms with Gasteiger partial charge in [0.15, 0.2) is 11.5 Å². The van der Waals surface area contributed by atoms with Crippen molar-refractivity contribution in [2.75, 3.05) is 20.3 Å². The molecule has 0 aliphatic carbocycles. The number of ketones is 1. The van der Waals surface area contributed by atoms with Gasteiger partial charge in [0.1, 0.15) is 11.3 Å². The summed E-state index contributed by atoms with van der Waals surface area (Å²) < 4.78 is 11.6. The molecular weight excluding hydrogens is 466 g/mol. The summed E-state index contributed by atoms with van der Waals surface area (Å²) in [6.45, 7) is 0.681. The second kappa shape index (κ2) is 8.56. The lowest BCUT2D eigenvalue weighted by atomic mass is 9.94. The maximum atomic E-state index is 13.4. The number of benzene rings is 2. The SMILES string of the molecule is COCCCN1C(=O)C(O)=C(C(=O)c2cc3cc(Br)ccc3o2)C1c1cccc(O)c1. The van der Waals surface area contributed by atoms with Crippen LogP contribution >= 0.6 is 15.9 Å². The van der Waals surface area contributed by atoms with E-state index in [0.29, 0.717) is 29.6 Å². The number of methoxy groups -OCH3 is 1. The van der Waals surface area contributed by atoms with Crippen molar-refractivity contribution < 1.29 is 29.0 Å². The number of fused-ring (bicyclic) bond motifs is 1. The van der Waals surface area contributed by atoms with Gasteiger partial charge in [0.2, 0.25) is 5.78 Å². The first-order valence-electron chi connectivity index (χ1n) is 9.66. The molecule has 7 nitrogen and oxygen atoms in total. The van der Waals surface area contributed by atoms with E-state index in [2.05, 4.69) is 15.9 Å². The highest BCUT2D eigenvalue weighted by atomic mass is 79.9. The summed E-state index contributed by atoms with van der Waals surface area (Å²) in [6.07, 6.45) is 0.519. The Morgan fingerprint density at radius 2 is 2.00 bits per heavy atom. The lowest BCUT2D eigenvalue weighted by Crippen LogP contribution is -2.32. The Morgan fingerprint density at radius 3 is 2.74 bits per heavy atom. The Hall–Kier alpha value is -3.10. The molecule has 1 amide bonds. The highest BCUT2D eigenvalue weighted by Gasteiger charge is 2.44. The molecule has 2 heterocycles. The number of aliphatic hydroxyl groups excluding tert-OH is 1. The van der Waals surface area contributed by atoms with Gasteiger partial charge in [0.05, 0.1) is 11.6 Å². The predicted octanol–water partition coefficient (Wildman–Crippen LogP) is 4.52. The summed E-state index contributed by atoms with van der Waals surface area (Å²) in [5.74, 6) is -1.83. The largest absolute Gasteiger partial charge is 0.508 e. The first-order chi connectivity index (χ1) is 14.9. The molecule has 1 atom stereocenters. The molecule has 0 saturated heterocycles. The Morgan fingerprint density at radius 1 is 1.19 bits per heavy atom. The average molecular weight is 486 g/mol. The first kappa shape index (κ1) is 21.1. The first-order valence-corrected chi connectivity index (χ1v) is 10.5. The molecule has 2 aromatic carbocycles. The zero-order valence-electron chi connectivity index (χ0n) is 16.7. The zero-order valence-corrected chi connectivity index (χ0v) is 18.3. The standard InChI is InChI=1S/C23H20BrNO6/c1-30-9-3-8-25-20(13-4-2-5-16(26)11-13)19(22(28)23(25)29)21(27)18-12-14-10-15(24)6-7-17(14)31-18/h2,4-7,10-12,20,26,28H,3,8-9H2,1H3. The van der Waals surface area contributed by atoms with Crippen LogP contribution < -0.4 is 0 Å². The van der Waals surface area contributed by atoms with Crippen molar-refractivity contribution in [1.29, 1.82) is 0 Å². The Balaban J connectivity index is 1.78. The topological polar surface area (TPSA) is 100 Å². The molecule has 0 bridgehead atoms. The van der Waals surface area contributed by atoms with Gasteiger partial charge in [-0.2, -0.15) is 0 Å². The Labute approximate surface area is 186 Å². The van der Waals surface area contributed by atoms with Crippen LogP contribution in [0.3, 0.4) is 0 Å². The molecule has 4 rings (SSSR count). The van der Waals surface area contributed by atoms with Gasteiger partial charge in [0, 0.05) is 30.1 Å². The van der Waals surface area contributed by atoms with Gasteiger partial charge in [-0.1, -0.05) is 28.1 Å². The van der Waals surface area contributed by atoms with Crippen molar-refractivity contribution in [2.24, 2.45) is 0 Å². The Bertz CT molecular complexity index is 1200. The molecule has 0 fully saturated rings. The maximum Gasteiger partial charge on any atom is 0.290 e. The van der Waals surface area contributed by atoms with E-state index in [0.717, 1.165) is 4.47 Å². The number of aromatic hydroxyl groups is 1. The molecule has 31 heavy (non-hydrogen) atoms. The molecule has 3 aromatic rings. The summed E-state index contributed by atoms with van der Waals surface area (Å²) >= 11 is 3.39. The van der Waals surface area contributed by atoms with E-state index >= 15 is 0 Å². The summed E-state index contributed by atoms with van der Waals surface area (Å²) in [6, 6.07) is 12.4. The van der Waals surface area contributed by atoms with Crippen LogP contribution in [0.5, 0.6) is 5.75 Å². The number of phenolic OH excluding ortho intramolecular Hbond substituents is 1. The van der Waals surface area contributed by atoms with Gasteiger partial charge in [-0.15, -0.1) is 0 Å². The van der Waals surface area contributed by atoms with E-state index in [4.69, 9.17) is 9.15 Å². The quantitative estimate of drug-likeness (QED) is 0.377. The smallest absolute Gasteiger partial charge is 0.290 e. The predicted molar refractivity (Wildman–Crippen MR) is 117 cm³/mol. The fourth-order valence-corrected chi connectivity index (χ4v) is 4.17. The van der Waals surface area contributed by atoms with Crippen LogP contribution in [0.25, 0.3) is 11.0 Å². The number of furan rings is 1. The van der Waals surface area contributed by atoms with E-state index in [9.17, 15) is 19.8 Å². The van der Waals surface area contributed by atoms with Crippen molar-refractivity contribution in [3.8, 4) is 5.75 Å². The molecule has 0 spiro atoms. The second-order valence-electron chi connectivity index (χ2n) is 7.23. The van der Waals surface area contributed by atoms with Crippen molar-refractivity contribution in [1.82, 2.24) is 4.90 Å². The molecular formula is C23H20BrNO6. The van der Waals surface area contributed by atoms with Gasteiger partial charge in [-0.25, -0.2) is 0 Å². The zero-order chi connectivity index (χ0) is 22.1. The molecule has 8 heteroatoms. The number of hydrogen-bond donors (Lipinski definition) is 2. The number of ether oxygens (including phenoxy) is 1. The number of rotatable bonds is 7. The van der Waals surface area contributed by atoms with E-state index in [-0.39, 0.29) is 23.6 Å². The summed E-state index contributed by atoms with van der Waals surface area (Å²) in [7, 11) is 1.56. The lowest BCUT2D eigenvalue weighted by molar-refractivity contribution is -0.129. The van der Waals surface area contributed by atoms with Crippen LogP contribution in [0.15, 0.2) is 68.8 Å². The number of halogens is 1. The average Bonchev–Trinajstić information content (AvgIpc) is 3.27. The Kier molecular flexibility index (Phi) is 5.84. The summed E-state index contributed by atoms with van der Waals surface area (Å²) in [4.78, 5) is 27.7. The molecule has 1 unspecified atom stereocenters. The summed E-state index contributed by atoms with van der Waals surface area (Å²) in [5.41, 5.74) is 0.949. The lowest BCUT2D eigenvalue weighted by Gasteiger charge is -2.26. The van der Waals surface area contributed by atoms with E-state index < -0.39 is 23.5 Å². The van der Waals surface area contributed by atoms with Crippen LogP contribution in [0.2, 0.25) is 0 Å². The van der Waals surface area contributed by atoms with E-state index in [1.807, 2.05) is 6.07 Å². The van der Waals surface area contributed by atoms with Crippen LogP contribution in [0, 0.1) is 0 Å². The molecule has 160 valence electrons. The van der Waals surface area contributed by atoms with Gasteiger partial charge in [0.25, 0.3) is 5.91 Å². The number of aliphatic hydroxyl groups is 1. The van der Waals surface area contributed by atoms with E-state index in [1.54, 1.807) is 37.4 Å². The summed E-state index contributed by atoms with van der Waals surface area (Å²) in [5, 5.41) is 21.3. The van der Waals surface area contributed by atoms with Gasteiger partial charge in [-0.3, -0.25) is 9.59 Å². The van der Waals surface area contributed by atoms with Crippen LogP contribution in [0.4, 0.5) is 0 Å². The fraction of sp³-hybridized carbons (Fsp3) is 0.217. The number of nitrogens with zero attached hydrogens (tertiary/aromatic N) is 1. The van der Waals surface area contributed by atoms with Crippen molar-refractivity contribution in [3.05, 3.63) is 75.7 Å². The van der Waals surface area contributed by atoms with Crippen molar-refractivity contribution in [3.63, 3.8) is 0 Å². The third-order valence-electron chi connectivity index (χ3n) is 5.18. The van der Waals surface area contributed by atoms with Gasteiger partial charge >= 0.3 is 0 Å². The van der Waals surface area contributed by atoms with Gasteiger partial charge < -0.3 is 24.3 Å². The number of phenols is 1. The van der Waals surface area contributed by atoms with Crippen LogP contribution in [0.1, 0.15) is 28.6 Å². The van der Waals surface area contributed by atoms with Gasteiger partial charge in [-0.05, 0) is 48.4 Å². The molecule has 0 saturated carbocycles. The molecule has 0 radical (unpaired) electrons. The molecule has 1 aliphatic rings. The minimum atomic E-state index is -0.857. The number of amides is 1. The van der Waals surface area contributed by atoms with Crippen molar-refractivity contribution >= 4 is 38.6 Å². The van der Waals surface area contributed by atoms with Crippen LogP contribution in [-0.2, 0) is 9.53 Å². The monoisotopic (exact) mass is 485 g/mol. The molecule has 1 aliphatic heterocycles. The molecule has 1 aromatic heterocycles. The fourth-order valence-electron chi connectivity index (χ4n) is 3.80. The third-order valence-corrected chi connectivity index (χ3v) is 5.68. The highest BCUT2D eigenvalue weighted by molar-refractivity contribution is 9.10. The number of hydrogen-bond acceptors (Lipinski definition) is 6. The minimum Gasteiger partial charge on any atom is -0.508 e. The number of Topliss-reactive ketones (excluding diaryl/α,β-unsaturated/α-hetero) is 1. The van der Waals surface area contributed by atoms with Crippen LogP contribution in [-0.4, -0.2) is 47.1 Å². The highest BCUT2D eigenvalue weighted by Crippen LogP contribution is 2.40. The normalized spacial score (nSPS) is 16.5. The minimum absolute atomic E-state index is 0.00596. The number of carbonyl (C=O) groups excluding carboxylic acids is 2. The van der Waals surface area contributed by atoms with E-state index in [1.165, 1.54) is 17.0 Å². The molecule has 2 N–H and O–H groups in total. The third kappa shape index (κ3) is 3.96. The maximum absolute atomic E-state index is 13.4.